The van der Waals surface area contributed by atoms with Crippen molar-refractivity contribution in [3.8, 4) is 0 Å². The first-order chi connectivity index (χ1) is 7.63. The third kappa shape index (κ3) is 4.06. The van der Waals surface area contributed by atoms with E-state index < -0.39 is 0 Å². The minimum absolute atomic E-state index is 0.143. The molecule has 0 aromatic heterocycles. The summed E-state index contributed by atoms with van der Waals surface area (Å²) in [6.07, 6.45) is 5.81. The summed E-state index contributed by atoms with van der Waals surface area (Å²) in [4.78, 5) is 13.8. The Morgan fingerprint density at radius 2 is 2.38 bits per heavy atom. The Morgan fingerprint density at radius 1 is 1.62 bits per heavy atom. The summed E-state index contributed by atoms with van der Waals surface area (Å²) < 4.78 is 0. The standard InChI is InChI=1S/C12H21N3O/c1-4-6-10(2)14-12(16)13-9-11-7-5-8-15(11)3/h4,6,11H,1,5,7-9H2,2-3H3,(H2,13,14,16)/b10-6+/t11-/m0/s1. The van der Waals surface area contributed by atoms with Gasteiger partial charge in [-0.2, -0.15) is 0 Å². The van der Waals surface area contributed by atoms with Crippen molar-refractivity contribution in [2.24, 2.45) is 0 Å². The number of likely N-dealkylation sites (N-methyl/N-ethyl adjacent to an activating group) is 1. The summed E-state index contributed by atoms with van der Waals surface area (Å²) in [5.74, 6) is 0. The van der Waals surface area contributed by atoms with Gasteiger partial charge in [0.15, 0.2) is 0 Å². The lowest BCUT2D eigenvalue weighted by atomic mass is 10.2. The minimum Gasteiger partial charge on any atom is -0.336 e. The molecule has 1 fully saturated rings. The molecular weight excluding hydrogens is 202 g/mol. The number of carbonyl (C=O) groups excluding carboxylic acids is 1. The van der Waals surface area contributed by atoms with Crippen LogP contribution in [0, 0.1) is 0 Å². The van der Waals surface area contributed by atoms with Crippen molar-refractivity contribution in [1.82, 2.24) is 15.5 Å². The van der Waals surface area contributed by atoms with Crippen LogP contribution in [-0.2, 0) is 0 Å². The molecule has 1 saturated heterocycles. The fraction of sp³-hybridized carbons (Fsp3) is 0.583. The van der Waals surface area contributed by atoms with Gasteiger partial charge in [-0.25, -0.2) is 4.79 Å². The molecule has 0 aliphatic carbocycles. The van der Waals surface area contributed by atoms with Crippen LogP contribution < -0.4 is 10.6 Å². The molecule has 1 aliphatic rings. The van der Waals surface area contributed by atoms with Crippen molar-refractivity contribution in [2.45, 2.75) is 25.8 Å². The van der Waals surface area contributed by atoms with Crippen molar-refractivity contribution >= 4 is 6.03 Å². The van der Waals surface area contributed by atoms with Crippen molar-refractivity contribution < 1.29 is 4.79 Å². The normalized spacial score (nSPS) is 21.9. The molecule has 0 spiro atoms. The Kier molecular flexibility index (Phi) is 5.05. The number of amides is 2. The number of allylic oxidation sites excluding steroid dienone is 3. The monoisotopic (exact) mass is 223 g/mol. The van der Waals surface area contributed by atoms with Crippen LogP contribution in [0.4, 0.5) is 4.79 Å². The van der Waals surface area contributed by atoms with Gasteiger partial charge < -0.3 is 15.5 Å². The third-order valence-electron chi connectivity index (χ3n) is 2.85. The molecule has 0 saturated carbocycles. The van der Waals surface area contributed by atoms with Crippen LogP contribution in [0.2, 0.25) is 0 Å². The van der Waals surface area contributed by atoms with Crippen LogP contribution in [-0.4, -0.2) is 37.1 Å². The molecule has 4 nitrogen and oxygen atoms in total. The van der Waals surface area contributed by atoms with E-state index in [4.69, 9.17) is 0 Å². The fourth-order valence-electron chi connectivity index (χ4n) is 1.89. The molecule has 0 unspecified atom stereocenters. The Labute approximate surface area is 97.4 Å². The number of carbonyl (C=O) groups is 1. The van der Waals surface area contributed by atoms with Gasteiger partial charge in [-0.05, 0) is 39.4 Å². The van der Waals surface area contributed by atoms with Gasteiger partial charge in [0.25, 0.3) is 0 Å². The highest BCUT2D eigenvalue weighted by atomic mass is 16.2. The molecule has 1 aliphatic heterocycles. The lowest BCUT2D eigenvalue weighted by molar-refractivity contribution is 0.237. The van der Waals surface area contributed by atoms with E-state index in [1.54, 1.807) is 12.2 Å². The Bertz CT molecular complexity index is 286. The van der Waals surface area contributed by atoms with E-state index in [-0.39, 0.29) is 6.03 Å². The number of rotatable bonds is 4. The van der Waals surface area contributed by atoms with Crippen molar-refractivity contribution in [3.63, 3.8) is 0 Å². The molecular formula is C12H21N3O. The second kappa shape index (κ2) is 6.33. The molecule has 1 heterocycles. The summed E-state index contributed by atoms with van der Waals surface area (Å²) in [6.45, 7) is 7.25. The van der Waals surface area contributed by atoms with Gasteiger partial charge in [0.05, 0.1) is 0 Å². The SMILES string of the molecule is C=C/C=C(\C)NC(=O)NC[C@@H]1CCCN1C. The predicted molar refractivity (Wildman–Crippen MR) is 66.1 cm³/mol. The average Bonchev–Trinajstić information content (AvgIpc) is 2.61. The molecule has 90 valence electrons. The van der Waals surface area contributed by atoms with Gasteiger partial charge >= 0.3 is 6.03 Å². The molecule has 1 rings (SSSR count). The second-order valence-corrected chi connectivity index (χ2v) is 4.20. The number of hydrogen-bond acceptors (Lipinski definition) is 2. The maximum atomic E-state index is 11.5. The smallest absolute Gasteiger partial charge is 0.319 e. The first kappa shape index (κ1) is 12.8. The molecule has 0 aromatic carbocycles. The Hall–Kier alpha value is -1.29. The van der Waals surface area contributed by atoms with E-state index in [2.05, 4.69) is 29.2 Å². The third-order valence-corrected chi connectivity index (χ3v) is 2.85. The summed E-state index contributed by atoms with van der Waals surface area (Å²) in [6, 6.07) is 0.338. The topological polar surface area (TPSA) is 44.4 Å². The maximum absolute atomic E-state index is 11.5. The summed E-state index contributed by atoms with van der Waals surface area (Å²) in [5.41, 5.74) is 0.798. The number of nitrogens with one attached hydrogen (secondary N) is 2. The average molecular weight is 223 g/mol. The predicted octanol–water partition coefficient (Wildman–Crippen LogP) is 1.47. The Morgan fingerprint density at radius 3 is 2.94 bits per heavy atom. The molecule has 0 radical (unpaired) electrons. The second-order valence-electron chi connectivity index (χ2n) is 4.20. The lowest BCUT2D eigenvalue weighted by Gasteiger charge is -2.19. The molecule has 2 amide bonds. The van der Waals surface area contributed by atoms with Crippen LogP contribution in [0.5, 0.6) is 0 Å². The van der Waals surface area contributed by atoms with E-state index in [1.165, 1.54) is 6.42 Å². The van der Waals surface area contributed by atoms with E-state index >= 15 is 0 Å². The number of nitrogens with zero attached hydrogens (tertiary/aromatic N) is 1. The first-order valence-electron chi connectivity index (χ1n) is 5.68. The maximum Gasteiger partial charge on any atom is 0.319 e. The number of urea groups is 1. The van der Waals surface area contributed by atoms with Gasteiger partial charge in [0.2, 0.25) is 0 Å². The first-order valence-corrected chi connectivity index (χ1v) is 5.68. The minimum atomic E-state index is -0.143. The van der Waals surface area contributed by atoms with E-state index in [0.29, 0.717) is 12.6 Å². The van der Waals surface area contributed by atoms with E-state index in [1.807, 2.05) is 6.92 Å². The summed E-state index contributed by atoms with van der Waals surface area (Å²) >= 11 is 0. The molecule has 0 aromatic rings. The zero-order chi connectivity index (χ0) is 12.0. The lowest BCUT2D eigenvalue weighted by Crippen LogP contribution is -2.42. The van der Waals surface area contributed by atoms with Gasteiger partial charge in [0.1, 0.15) is 0 Å². The molecule has 16 heavy (non-hydrogen) atoms. The van der Waals surface area contributed by atoms with Gasteiger partial charge in [0, 0.05) is 18.3 Å². The van der Waals surface area contributed by atoms with Crippen molar-refractivity contribution in [1.29, 1.82) is 0 Å². The molecule has 1 atom stereocenters. The fourth-order valence-corrected chi connectivity index (χ4v) is 1.89. The van der Waals surface area contributed by atoms with Crippen LogP contribution >= 0.6 is 0 Å². The van der Waals surface area contributed by atoms with Crippen LogP contribution in [0.25, 0.3) is 0 Å². The van der Waals surface area contributed by atoms with Gasteiger partial charge in [-0.1, -0.05) is 12.7 Å². The van der Waals surface area contributed by atoms with Crippen molar-refractivity contribution in [2.75, 3.05) is 20.1 Å². The quantitative estimate of drug-likeness (QED) is 0.709. The molecule has 2 N–H and O–H groups in total. The van der Waals surface area contributed by atoms with E-state index in [0.717, 1.165) is 18.7 Å². The number of likely N-dealkylation sites (tertiary alicyclic amines) is 1. The van der Waals surface area contributed by atoms with Gasteiger partial charge in [-0.15, -0.1) is 0 Å². The largest absolute Gasteiger partial charge is 0.336 e. The number of hydrogen-bond donors (Lipinski definition) is 2. The highest BCUT2D eigenvalue weighted by molar-refractivity contribution is 5.75. The van der Waals surface area contributed by atoms with E-state index in [9.17, 15) is 4.79 Å². The highest BCUT2D eigenvalue weighted by Crippen LogP contribution is 2.13. The van der Waals surface area contributed by atoms with Gasteiger partial charge in [-0.3, -0.25) is 0 Å². The zero-order valence-corrected chi connectivity index (χ0v) is 10.1. The van der Waals surface area contributed by atoms with Crippen LogP contribution in [0.3, 0.4) is 0 Å². The Balaban J connectivity index is 2.24. The zero-order valence-electron chi connectivity index (χ0n) is 10.1. The summed E-state index contributed by atoms with van der Waals surface area (Å²) in [7, 11) is 2.10. The van der Waals surface area contributed by atoms with Crippen LogP contribution in [0.1, 0.15) is 19.8 Å². The van der Waals surface area contributed by atoms with Crippen LogP contribution in [0.15, 0.2) is 24.4 Å². The highest BCUT2D eigenvalue weighted by Gasteiger charge is 2.20. The molecule has 4 heteroatoms. The molecule has 0 bridgehead atoms. The summed E-state index contributed by atoms with van der Waals surface area (Å²) in [5, 5.41) is 5.62. The van der Waals surface area contributed by atoms with Crippen molar-refractivity contribution in [3.05, 3.63) is 24.4 Å².